The number of likely N-dealkylation sites (tertiary alicyclic amines) is 1. The van der Waals surface area contributed by atoms with Crippen LogP contribution in [-0.2, 0) is 14.3 Å². The first-order valence-electron chi connectivity index (χ1n) is 6.59. The molecule has 1 rings (SSSR count). The number of carbonyl (C=O) groups excluding carboxylic acids is 2. The molecule has 19 heavy (non-hydrogen) atoms. The molecule has 0 aromatic carbocycles. The Hall–Kier alpha value is -1.30. The van der Waals surface area contributed by atoms with E-state index in [4.69, 9.17) is 4.74 Å². The number of carbonyl (C=O) groups is 2. The minimum Gasteiger partial charge on any atom is -0.468 e. The number of nitrogens with one attached hydrogen (secondary N) is 1. The Morgan fingerprint density at radius 3 is 2.47 bits per heavy atom. The van der Waals surface area contributed by atoms with Crippen molar-refractivity contribution >= 4 is 12.1 Å². The zero-order chi connectivity index (χ0) is 14.4. The molecule has 0 aromatic heterocycles. The molecule has 1 saturated heterocycles. The first kappa shape index (κ1) is 15.8. The van der Waals surface area contributed by atoms with E-state index in [2.05, 4.69) is 23.9 Å². The van der Waals surface area contributed by atoms with E-state index in [9.17, 15) is 9.59 Å². The number of methoxy groups -OCH3 is 2. The van der Waals surface area contributed by atoms with Crippen LogP contribution in [0.2, 0.25) is 0 Å². The number of esters is 1. The van der Waals surface area contributed by atoms with Crippen LogP contribution in [0.1, 0.15) is 20.3 Å². The maximum atomic E-state index is 11.4. The third kappa shape index (κ3) is 5.06. The Kier molecular flexibility index (Phi) is 6.08. The van der Waals surface area contributed by atoms with Crippen LogP contribution < -0.4 is 5.32 Å². The van der Waals surface area contributed by atoms with Crippen molar-refractivity contribution in [2.24, 2.45) is 11.8 Å². The van der Waals surface area contributed by atoms with E-state index in [-0.39, 0.29) is 18.6 Å². The zero-order valence-electron chi connectivity index (χ0n) is 12.1. The van der Waals surface area contributed by atoms with E-state index in [1.807, 2.05) is 4.90 Å². The molecule has 0 bridgehead atoms. The number of piperidine rings is 1. The third-order valence-corrected chi connectivity index (χ3v) is 3.59. The Morgan fingerprint density at radius 1 is 1.26 bits per heavy atom. The Bertz CT molecular complexity index is 294. The van der Waals surface area contributed by atoms with Gasteiger partial charge in [-0.1, -0.05) is 13.8 Å². The summed E-state index contributed by atoms with van der Waals surface area (Å²) in [5.74, 6) is 0.698. The Morgan fingerprint density at radius 2 is 1.95 bits per heavy atom. The van der Waals surface area contributed by atoms with Gasteiger partial charge in [-0.05, 0) is 18.3 Å². The predicted octanol–water partition coefficient (Wildman–Crippen LogP) is 0.862. The van der Waals surface area contributed by atoms with Gasteiger partial charge < -0.3 is 14.8 Å². The van der Waals surface area contributed by atoms with Crippen molar-refractivity contribution in [3.63, 3.8) is 0 Å². The van der Waals surface area contributed by atoms with Crippen molar-refractivity contribution in [1.29, 1.82) is 0 Å². The molecule has 2 unspecified atom stereocenters. The maximum absolute atomic E-state index is 11.4. The molecule has 0 aromatic rings. The number of rotatable bonds is 4. The van der Waals surface area contributed by atoms with Gasteiger partial charge in [-0.3, -0.25) is 9.69 Å². The lowest BCUT2D eigenvalue weighted by Gasteiger charge is -2.38. The summed E-state index contributed by atoms with van der Waals surface area (Å²) in [4.78, 5) is 24.7. The topological polar surface area (TPSA) is 67.9 Å². The summed E-state index contributed by atoms with van der Waals surface area (Å²) in [6.45, 7) is 6.07. The number of hydrogen-bond donors (Lipinski definition) is 1. The monoisotopic (exact) mass is 272 g/mol. The van der Waals surface area contributed by atoms with Crippen molar-refractivity contribution in [3.05, 3.63) is 0 Å². The maximum Gasteiger partial charge on any atom is 0.407 e. The van der Waals surface area contributed by atoms with Gasteiger partial charge in [0, 0.05) is 19.1 Å². The van der Waals surface area contributed by atoms with Gasteiger partial charge in [0.05, 0.1) is 20.8 Å². The van der Waals surface area contributed by atoms with Crippen LogP contribution in [0.4, 0.5) is 4.79 Å². The predicted molar refractivity (Wildman–Crippen MR) is 70.7 cm³/mol. The largest absolute Gasteiger partial charge is 0.468 e. The van der Waals surface area contributed by atoms with Crippen LogP contribution in [-0.4, -0.2) is 56.9 Å². The highest BCUT2D eigenvalue weighted by Gasteiger charge is 2.31. The second-order valence-electron chi connectivity index (χ2n) is 5.34. The van der Waals surface area contributed by atoms with Gasteiger partial charge in [0.2, 0.25) is 0 Å². The quantitative estimate of drug-likeness (QED) is 0.769. The zero-order valence-corrected chi connectivity index (χ0v) is 12.1. The molecule has 1 fully saturated rings. The van der Waals surface area contributed by atoms with E-state index in [0.29, 0.717) is 18.4 Å². The molecule has 110 valence electrons. The number of amides is 1. The molecule has 0 aliphatic carbocycles. The van der Waals surface area contributed by atoms with Gasteiger partial charge in [0.1, 0.15) is 0 Å². The summed E-state index contributed by atoms with van der Waals surface area (Å²) in [6, 6.07) is 0.0123. The van der Waals surface area contributed by atoms with Crippen LogP contribution in [0, 0.1) is 11.8 Å². The minimum absolute atomic E-state index is 0.0123. The van der Waals surface area contributed by atoms with Crippen LogP contribution in [0.25, 0.3) is 0 Å². The molecule has 0 saturated carbocycles. The smallest absolute Gasteiger partial charge is 0.407 e. The lowest BCUT2D eigenvalue weighted by molar-refractivity contribution is -0.142. The van der Waals surface area contributed by atoms with Crippen LogP contribution >= 0.6 is 0 Å². The standard InChI is InChI=1S/C13H24N2O4/c1-9(2)10-5-11(14-13(17)19-4)7-15(6-10)8-12(16)18-3/h9-11H,5-8H2,1-4H3,(H,14,17). The second kappa shape index (κ2) is 7.33. The highest BCUT2D eigenvalue weighted by atomic mass is 16.5. The van der Waals surface area contributed by atoms with Gasteiger partial charge in [-0.2, -0.15) is 0 Å². The lowest BCUT2D eigenvalue weighted by atomic mass is 9.85. The normalized spacial score (nSPS) is 24.1. The molecular weight excluding hydrogens is 248 g/mol. The summed E-state index contributed by atoms with van der Waals surface area (Å²) in [6.07, 6.45) is 0.484. The SMILES string of the molecule is COC(=O)CN1CC(NC(=O)OC)CC(C(C)C)C1. The van der Waals surface area contributed by atoms with Gasteiger partial charge in [-0.15, -0.1) is 0 Å². The van der Waals surface area contributed by atoms with Gasteiger partial charge >= 0.3 is 12.1 Å². The molecule has 1 N–H and O–H groups in total. The average molecular weight is 272 g/mol. The summed E-state index contributed by atoms with van der Waals surface area (Å²) in [5.41, 5.74) is 0. The van der Waals surface area contributed by atoms with Gasteiger partial charge in [0.25, 0.3) is 0 Å². The van der Waals surface area contributed by atoms with Crippen molar-refractivity contribution in [1.82, 2.24) is 10.2 Å². The van der Waals surface area contributed by atoms with E-state index in [1.165, 1.54) is 14.2 Å². The van der Waals surface area contributed by atoms with E-state index >= 15 is 0 Å². The average Bonchev–Trinajstić information content (AvgIpc) is 2.37. The molecule has 1 aliphatic heterocycles. The van der Waals surface area contributed by atoms with Crippen LogP contribution in [0.3, 0.4) is 0 Å². The molecule has 1 aliphatic rings. The fourth-order valence-corrected chi connectivity index (χ4v) is 2.42. The first-order valence-corrected chi connectivity index (χ1v) is 6.59. The molecule has 2 atom stereocenters. The molecule has 6 nitrogen and oxygen atoms in total. The van der Waals surface area contributed by atoms with Gasteiger partial charge in [-0.25, -0.2) is 4.79 Å². The minimum atomic E-state index is -0.424. The molecular formula is C13H24N2O4. The van der Waals surface area contributed by atoms with E-state index in [1.54, 1.807) is 0 Å². The summed E-state index contributed by atoms with van der Waals surface area (Å²) < 4.78 is 9.32. The third-order valence-electron chi connectivity index (χ3n) is 3.59. The number of alkyl carbamates (subject to hydrolysis) is 1. The number of ether oxygens (including phenoxy) is 2. The van der Waals surface area contributed by atoms with Crippen LogP contribution in [0.5, 0.6) is 0 Å². The van der Waals surface area contributed by atoms with Crippen molar-refractivity contribution in [3.8, 4) is 0 Å². The van der Waals surface area contributed by atoms with Crippen LogP contribution in [0.15, 0.2) is 0 Å². The fourth-order valence-electron chi connectivity index (χ4n) is 2.42. The summed E-state index contributed by atoms with van der Waals surface area (Å²) in [7, 11) is 2.74. The van der Waals surface area contributed by atoms with Gasteiger partial charge in [0.15, 0.2) is 0 Å². The first-order chi connectivity index (χ1) is 8.96. The molecule has 0 spiro atoms. The molecule has 1 amide bonds. The molecule has 0 radical (unpaired) electrons. The fraction of sp³-hybridized carbons (Fsp3) is 0.846. The lowest BCUT2D eigenvalue weighted by Crippen LogP contribution is -2.52. The van der Waals surface area contributed by atoms with E-state index in [0.717, 1.165) is 13.0 Å². The highest BCUT2D eigenvalue weighted by molar-refractivity contribution is 5.71. The van der Waals surface area contributed by atoms with Crippen molar-refractivity contribution in [2.75, 3.05) is 33.9 Å². The Balaban J connectivity index is 2.62. The Labute approximate surface area is 114 Å². The molecule has 1 heterocycles. The molecule has 6 heteroatoms. The highest BCUT2D eigenvalue weighted by Crippen LogP contribution is 2.23. The summed E-state index contributed by atoms with van der Waals surface area (Å²) >= 11 is 0. The number of nitrogens with zero attached hydrogens (tertiary/aromatic N) is 1. The van der Waals surface area contributed by atoms with Crippen molar-refractivity contribution in [2.45, 2.75) is 26.3 Å². The van der Waals surface area contributed by atoms with E-state index < -0.39 is 6.09 Å². The second-order valence-corrected chi connectivity index (χ2v) is 5.34. The summed E-state index contributed by atoms with van der Waals surface area (Å²) in [5, 5.41) is 2.82. The van der Waals surface area contributed by atoms with Crippen molar-refractivity contribution < 1.29 is 19.1 Å². The number of hydrogen-bond acceptors (Lipinski definition) is 5.